The first-order valence-electron chi connectivity index (χ1n) is 11.9. The normalized spacial score (nSPS) is 11.5. The van der Waals surface area contributed by atoms with E-state index in [2.05, 4.69) is 68.2 Å². The van der Waals surface area contributed by atoms with E-state index in [4.69, 9.17) is 9.47 Å². The van der Waals surface area contributed by atoms with E-state index >= 15 is 0 Å². The zero-order chi connectivity index (χ0) is 24.8. The summed E-state index contributed by atoms with van der Waals surface area (Å²) in [4.78, 5) is 13.3. The van der Waals surface area contributed by atoms with Crippen molar-refractivity contribution in [2.75, 3.05) is 6.61 Å². The minimum Gasteiger partial charge on any atom is -0.489 e. The molecule has 3 aromatic carbocycles. The van der Waals surface area contributed by atoms with Gasteiger partial charge >= 0.3 is 5.97 Å². The van der Waals surface area contributed by atoms with Gasteiger partial charge in [0.2, 0.25) is 0 Å². The molecule has 0 amide bonds. The van der Waals surface area contributed by atoms with Gasteiger partial charge in [-0.15, -0.1) is 17.3 Å². The van der Waals surface area contributed by atoms with Crippen LogP contribution in [0.5, 0.6) is 5.75 Å². The van der Waals surface area contributed by atoms with Crippen molar-refractivity contribution < 1.29 is 14.3 Å². The predicted octanol–water partition coefficient (Wildman–Crippen LogP) is 7.82. The largest absolute Gasteiger partial charge is 0.489 e. The van der Waals surface area contributed by atoms with Crippen LogP contribution in [0.15, 0.2) is 66.7 Å². The van der Waals surface area contributed by atoms with Crippen LogP contribution in [-0.4, -0.2) is 12.6 Å². The van der Waals surface area contributed by atoms with Crippen LogP contribution >= 0.6 is 11.3 Å². The number of fused-ring (bicyclic) bond motifs is 1. The monoisotopic (exact) mass is 482 g/mol. The molecule has 1 heterocycles. The molecule has 0 N–H and O–H groups in total. The lowest BCUT2D eigenvalue weighted by molar-refractivity contribution is -0.143. The number of thiophene rings is 1. The van der Waals surface area contributed by atoms with E-state index < -0.39 is 0 Å². The number of rotatable bonds is 8. The first-order valence-corrected chi connectivity index (χ1v) is 12.7. The lowest BCUT2D eigenvalue weighted by Gasteiger charge is -2.12. The highest BCUT2D eigenvalue weighted by molar-refractivity contribution is 7.19. The fourth-order valence-corrected chi connectivity index (χ4v) is 5.38. The Morgan fingerprint density at radius 1 is 1.03 bits per heavy atom. The Morgan fingerprint density at radius 2 is 1.80 bits per heavy atom. The third-order valence-corrected chi connectivity index (χ3v) is 7.11. The molecule has 0 fully saturated rings. The van der Waals surface area contributed by atoms with E-state index in [0.717, 1.165) is 16.9 Å². The van der Waals surface area contributed by atoms with Gasteiger partial charge in [0, 0.05) is 20.5 Å². The second kappa shape index (κ2) is 11.3. The van der Waals surface area contributed by atoms with Crippen molar-refractivity contribution in [2.45, 2.75) is 46.6 Å². The third kappa shape index (κ3) is 5.75. The minimum atomic E-state index is -0.232. The van der Waals surface area contributed by atoms with Gasteiger partial charge in [-0.1, -0.05) is 48.4 Å². The summed E-state index contributed by atoms with van der Waals surface area (Å²) in [6, 6.07) is 23.0. The van der Waals surface area contributed by atoms with Crippen LogP contribution in [0.2, 0.25) is 0 Å². The quantitative estimate of drug-likeness (QED) is 0.190. The molecule has 3 nitrogen and oxygen atoms in total. The highest BCUT2D eigenvalue weighted by Crippen LogP contribution is 2.40. The smallest absolute Gasteiger partial charge is 0.307 e. The summed E-state index contributed by atoms with van der Waals surface area (Å²) in [5, 5.41) is 1.28. The van der Waals surface area contributed by atoms with Gasteiger partial charge in [0.1, 0.15) is 12.4 Å². The Hall–Kier alpha value is -3.55. The van der Waals surface area contributed by atoms with Crippen LogP contribution in [0.3, 0.4) is 0 Å². The number of benzene rings is 3. The second-order valence-electron chi connectivity index (χ2n) is 8.49. The first kappa shape index (κ1) is 24.6. The van der Waals surface area contributed by atoms with Crippen LogP contribution in [0.25, 0.3) is 21.2 Å². The van der Waals surface area contributed by atoms with E-state index in [1.807, 2.05) is 42.5 Å². The molecule has 0 aliphatic heterocycles. The average Bonchev–Trinajstić information content (AvgIpc) is 3.18. The number of hydrogen-bond acceptors (Lipinski definition) is 4. The molecule has 0 saturated carbocycles. The van der Waals surface area contributed by atoms with Crippen molar-refractivity contribution in [1.29, 1.82) is 0 Å². The Morgan fingerprint density at radius 3 is 2.51 bits per heavy atom. The molecule has 4 rings (SSSR count). The summed E-state index contributed by atoms with van der Waals surface area (Å²) < 4.78 is 12.5. The van der Waals surface area contributed by atoms with Crippen molar-refractivity contribution in [3.05, 3.63) is 88.3 Å². The molecule has 1 atom stereocenters. The van der Waals surface area contributed by atoms with Gasteiger partial charge in [-0.2, -0.15) is 0 Å². The van der Waals surface area contributed by atoms with Gasteiger partial charge in [-0.3, -0.25) is 4.79 Å². The molecule has 4 aromatic rings. The van der Waals surface area contributed by atoms with Gasteiger partial charge in [0.15, 0.2) is 0 Å². The van der Waals surface area contributed by atoms with Crippen LogP contribution in [0, 0.1) is 25.7 Å². The molecule has 0 aliphatic carbocycles. The minimum absolute atomic E-state index is 0.183. The molecule has 0 bridgehead atoms. The zero-order valence-corrected chi connectivity index (χ0v) is 21.5. The lowest BCUT2D eigenvalue weighted by atomic mass is 9.96. The Kier molecular flexibility index (Phi) is 7.90. The Labute approximate surface area is 211 Å². The molecule has 0 aliphatic rings. The fourth-order valence-electron chi connectivity index (χ4n) is 4.32. The van der Waals surface area contributed by atoms with Gasteiger partial charge in [0.05, 0.1) is 18.9 Å². The standard InChI is InChI=1S/C31H30O3S/c1-5-9-25(19-30(32)33-6-2)24-13-15-26(16-14-24)34-20-23-12-17-29-28(18-23)31(22(4)35-29)27-11-8-7-10-21(27)3/h7-8,10-18,25H,6,19-20H2,1-4H3/t25-/m0/s1. The molecule has 35 heavy (non-hydrogen) atoms. The van der Waals surface area contributed by atoms with Crippen molar-refractivity contribution in [3.63, 3.8) is 0 Å². The molecule has 0 radical (unpaired) electrons. The summed E-state index contributed by atoms with van der Waals surface area (Å²) >= 11 is 1.84. The number of ether oxygens (including phenoxy) is 2. The van der Waals surface area contributed by atoms with Crippen LogP contribution in [0.1, 0.15) is 47.8 Å². The number of hydrogen-bond donors (Lipinski definition) is 0. The van der Waals surface area contributed by atoms with E-state index in [0.29, 0.717) is 13.2 Å². The Bertz CT molecular complexity index is 1390. The van der Waals surface area contributed by atoms with Gasteiger partial charge in [-0.05, 0) is 74.2 Å². The highest BCUT2D eigenvalue weighted by atomic mass is 32.1. The van der Waals surface area contributed by atoms with Crippen molar-refractivity contribution in [1.82, 2.24) is 0 Å². The molecule has 4 heteroatoms. The summed E-state index contributed by atoms with van der Waals surface area (Å²) in [6.07, 6.45) is 0.248. The maximum absolute atomic E-state index is 11.9. The lowest BCUT2D eigenvalue weighted by Crippen LogP contribution is -2.09. The fraction of sp³-hybridized carbons (Fsp3) is 0.258. The van der Waals surface area contributed by atoms with E-state index in [1.165, 1.54) is 31.7 Å². The molecule has 0 unspecified atom stereocenters. The molecule has 1 aromatic heterocycles. The van der Waals surface area contributed by atoms with Crippen LogP contribution in [-0.2, 0) is 16.1 Å². The average molecular weight is 483 g/mol. The topological polar surface area (TPSA) is 35.5 Å². The van der Waals surface area contributed by atoms with Crippen molar-refractivity contribution in [2.24, 2.45) is 0 Å². The van der Waals surface area contributed by atoms with Crippen LogP contribution in [0.4, 0.5) is 0 Å². The van der Waals surface area contributed by atoms with Gasteiger partial charge < -0.3 is 9.47 Å². The molecule has 0 saturated heterocycles. The van der Waals surface area contributed by atoms with E-state index in [1.54, 1.807) is 6.92 Å². The van der Waals surface area contributed by atoms with Gasteiger partial charge in [0.25, 0.3) is 0 Å². The highest BCUT2D eigenvalue weighted by Gasteiger charge is 2.16. The Balaban J connectivity index is 1.50. The molecular formula is C31H30O3S. The molecular weight excluding hydrogens is 452 g/mol. The van der Waals surface area contributed by atoms with Crippen molar-refractivity contribution >= 4 is 27.4 Å². The zero-order valence-electron chi connectivity index (χ0n) is 20.7. The summed E-state index contributed by atoms with van der Waals surface area (Å²) in [5.41, 5.74) is 6.01. The third-order valence-electron chi connectivity index (χ3n) is 6.03. The first-order chi connectivity index (χ1) is 17.0. The van der Waals surface area contributed by atoms with Gasteiger partial charge in [-0.25, -0.2) is 0 Å². The predicted molar refractivity (Wildman–Crippen MR) is 145 cm³/mol. The summed E-state index contributed by atoms with van der Waals surface area (Å²) in [7, 11) is 0. The van der Waals surface area contributed by atoms with E-state index in [-0.39, 0.29) is 18.3 Å². The van der Waals surface area contributed by atoms with Crippen molar-refractivity contribution in [3.8, 4) is 28.7 Å². The number of aryl methyl sites for hydroxylation is 2. The number of esters is 1. The molecule has 178 valence electrons. The molecule has 0 spiro atoms. The van der Waals surface area contributed by atoms with E-state index in [9.17, 15) is 4.79 Å². The SMILES string of the molecule is CC#C[C@@H](CC(=O)OCC)c1ccc(OCc2ccc3sc(C)c(-c4ccccc4C)c3c2)cc1. The number of carbonyl (C=O) groups is 1. The number of carbonyl (C=O) groups excluding carboxylic acids is 1. The maximum atomic E-state index is 11.9. The summed E-state index contributed by atoms with van der Waals surface area (Å²) in [5.74, 6) is 6.41. The summed E-state index contributed by atoms with van der Waals surface area (Å²) in [6.45, 7) is 8.82. The second-order valence-corrected chi connectivity index (χ2v) is 9.75. The maximum Gasteiger partial charge on any atom is 0.307 e. The van der Waals surface area contributed by atoms with Crippen LogP contribution < -0.4 is 4.74 Å².